The third-order valence-electron chi connectivity index (χ3n) is 4.67. The number of nitrogens with zero attached hydrogens (tertiary/aromatic N) is 2. The second-order valence-corrected chi connectivity index (χ2v) is 9.61. The summed E-state index contributed by atoms with van der Waals surface area (Å²) in [5.41, 5.74) is 1.80. The van der Waals surface area contributed by atoms with Crippen molar-refractivity contribution in [2.75, 3.05) is 26.7 Å². The zero-order valence-electron chi connectivity index (χ0n) is 18.8. The van der Waals surface area contributed by atoms with E-state index >= 15 is 0 Å². The van der Waals surface area contributed by atoms with Crippen LogP contribution in [0.5, 0.6) is 0 Å². The molecule has 1 aromatic rings. The molecule has 166 valence electrons. The number of aliphatic imine (C=N–C) groups is 1. The van der Waals surface area contributed by atoms with Crippen LogP contribution in [0.25, 0.3) is 0 Å². The molecule has 0 aliphatic carbocycles. The summed E-state index contributed by atoms with van der Waals surface area (Å²) in [6.07, 6.45) is 1.05. The van der Waals surface area contributed by atoms with Crippen molar-refractivity contribution in [3.63, 3.8) is 0 Å². The van der Waals surface area contributed by atoms with Crippen molar-refractivity contribution in [3.05, 3.63) is 35.4 Å². The highest BCUT2D eigenvalue weighted by molar-refractivity contribution is 7.88. The molecular weight excluding hydrogens is 386 g/mol. The highest BCUT2D eigenvalue weighted by atomic mass is 32.2. The van der Waals surface area contributed by atoms with Crippen LogP contribution in [-0.2, 0) is 22.3 Å². The van der Waals surface area contributed by atoms with Crippen LogP contribution < -0.4 is 15.4 Å². The number of nitrogens with one attached hydrogen (secondary N) is 3. The first-order valence-corrected chi connectivity index (χ1v) is 12.1. The molecule has 0 aliphatic heterocycles. The van der Waals surface area contributed by atoms with Crippen molar-refractivity contribution >= 4 is 16.0 Å². The SMILES string of the molecule is CCNC(=NCc1ccc(CS(=O)(=O)NC)cc1)NCCCN(C(C)C)C(C)C. The van der Waals surface area contributed by atoms with Gasteiger partial charge in [-0.1, -0.05) is 24.3 Å². The van der Waals surface area contributed by atoms with Crippen molar-refractivity contribution in [2.24, 2.45) is 4.99 Å². The molecule has 0 bridgehead atoms. The van der Waals surface area contributed by atoms with Crippen molar-refractivity contribution in [3.8, 4) is 0 Å². The number of rotatable bonds is 12. The zero-order chi connectivity index (χ0) is 21.9. The average molecular weight is 426 g/mol. The van der Waals surface area contributed by atoms with Gasteiger partial charge in [0.25, 0.3) is 0 Å². The van der Waals surface area contributed by atoms with E-state index in [1.54, 1.807) is 0 Å². The fourth-order valence-corrected chi connectivity index (χ4v) is 3.90. The van der Waals surface area contributed by atoms with Crippen molar-refractivity contribution in [2.45, 2.75) is 65.4 Å². The van der Waals surface area contributed by atoms with E-state index in [4.69, 9.17) is 0 Å². The van der Waals surface area contributed by atoms with Crippen LogP contribution in [0.2, 0.25) is 0 Å². The third-order valence-corrected chi connectivity index (χ3v) is 6.00. The van der Waals surface area contributed by atoms with Gasteiger partial charge >= 0.3 is 0 Å². The summed E-state index contributed by atoms with van der Waals surface area (Å²) in [5, 5.41) is 6.67. The maximum absolute atomic E-state index is 11.6. The maximum atomic E-state index is 11.6. The normalized spacial score (nSPS) is 12.8. The summed E-state index contributed by atoms with van der Waals surface area (Å²) in [6.45, 7) is 14.2. The Kier molecular flexibility index (Phi) is 11.2. The van der Waals surface area contributed by atoms with Gasteiger partial charge in [-0.15, -0.1) is 0 Å². The molecule has 0 heterocycles. The lowest BCUT2D eigenvalue weighted by molar-refractivity contribution is 0.173. The summed E-state index contributed by atoms with van der Waals surface area (Å²) in [7, 11) is -1.82. The van der Waals surface area contributed by atoms with E-state index in [9.17, 15) is 8.42 Å². The van der Waals surface area contributed by atoms with Crippen LogP contribution in [0.1, 0.15) is 52.2 Å². The van der Waals surface area contributed by atoms with Gasteiger partial charge in [0.2, 0.25) is 10.0 Å². The fraction of sp³-hybridized carbons (Fsp3) is 0.667. The zero-order valence-corrected chi connectivity index (χ0v) is 19.6. The molecule has 0 saturated heterocycles. The number of guanidine groups is 1. The Morgan fingerprint density at radius 1 is 1.03 bits per heavy atom. The van der Waals surface area contributed by atoms with Crippen molar-refractivity contribution in [1.82, 2.24) is 20.3 Å². The average Bonchev–Trinajstić information content (AvgIpc) is 2.66. The predicted molar refractivity (Wildman–Crippen MR) is 123 cm³/mol. The highest BCUT2D eigenvalue weighted by Gasteiger charge is 2.12. The number of hydrogen-bond acceptors (Lipinski definition) is 4. The third kappa shape index (κ3) is 10.1. The van der Waals surface area contributed by atoms with E-state index in [2.05, 4.69) is 52.9 Å². The molecule has 0 aromatic heterocycles. The Hall–Kier alpha value is -1.64. The molecule has 0 unspecified atom stereocenters. The molecule has 8 heteroatoms. The van der Waals surface area contributed by atoms with E-state index in [1.807, 2.05) is 31.2 Å². The second-order valence-electron chi connectivity index (χ2n) is 7.68. The molecule has 0 atom stereocenters. The largest absolute Gasteiger partial charge is 0.357 e. The first-order valence-electron chi connectivity index (χ1n) is 10.5. The standard InChI is InChI=1S/C21H39N5O2S/c1-7-23-21(24-13-8-14-26(17(2)3)18(4)5)25-15-19-9-11-20(12-10-19)16-29(27,28)22-6/h9-12,17-18,22H,7-8,13-16H2,1-6H3,(H2,23,24,25). The summed E-state index contributed by atoms with van der Waals surface area (Å²) in [6, 6.07) is 8.62. The first-order chi connectivity index (χ1) is 13.7. The number of sulfonamides is 1. The van der Waals surface area contributed by atoms with Crippen LogP contribution in [-0.4, -0.2) is 58.0 Å². The van der Waals surface area contributed by atoms with Crippen LogP contribution >= 0.6 is 0 Å². The fourth-order valence-electron chi connectivity index (χ4n) is 3.13. The molecular formula is C21H39N5O2S. The molecule has 0 fully saturated rings. The van der Waals surface area contributed by atoms with Gasteiger partial charge in [-0.05, 0) is 59.2 Å². The molecule has 0 radical (unpaired) electrons. The van der Waals surface area contributed by atoms with E-state index in [0.717, 1.165) is 43.1 Å². The van der Waals surface area contributed by atoms with Gasteiger partial charge in [-0.25, -0.2) is 18.1 Å². The molecule has 1 rings (SSSR count). The first kappa shape index (κ1) is 25.4. The van der Waals surface area contributed by atoms with Gasteiger partial charge in [0, 0.05) is 31.7 Å². The Labute approximate surface area is 177 Å². The van der Waals surface area contributed by atoms with Gasteiger partial charge in [0.05, 0.1) is 12.3 Å². The van der Waals surface area contributed by atoms with E-state index in [1.165, 1.54) is 7.05 Å². The quantitative estimate of drug-likeness (QED) is 0.272. The Balaban J connectivity index is 2.57. The van der Waals surface area contributed by atoms with Crippen LogP contribution in [0, 0.1) is 0 Å². The van der Waals surface area contributed by atoms with Gasteiger partial charge in [-0.3, -0.25) is 4.90 Å². The lowest BCUT2D eigenvalue weighted by Gasteiger charge is -2.30. The summed E-state index contributed by atoms with van der Waals surface area (Å²) in [4.78, 5) is 7.13. The minimum atomic E-state index is -3.25. The lowest BCUT2D eigenvalue weighted by Crippen LogP contribution is -2.41. The Morgan fingerprint density at radius 3 is 2.14 bits per heavy atom. The summed E-state index contributed by atoms with van der Waals surface area (Å²) < 4.78 is 25.6. The van der Waals surface area contributed by atoms with Gasteiger partial charge in [0.15, 0.2) is 5.96 Å². The molecule has 0 amide bonds. The molecule has 0 saturated carbocycles. The van der Waals surface area contributed by atoms with Crippen molar-refractivity contribution in [1.29, 1.82) is 0 Å². The van der Waals surface area contributed by atoms with E-state index in [0.29, 0.717) is 18.6 Å². The Morgan fingerprint density at radius 2 is 1.62 bits per heavy atom. The maximum Gasteiger partial charge on any atom is 0.215 e. The molecule has 7 nitrogen and oxygen atoms in total. The van der Waals surface area contributed by atoms with Crippen molar-refractivity contribution < 1.29 is 8.42 Å². The monoisotopic (exact) mass is 425 g/mol. The molecule has 29 heavy (non-hydrogen) atoms. The number of hydrogen-bond donors (Lipinski definition) is 3. The van der Waals surface area contributed by atoms with Gasteiger partial charge in [-0.2, -0.15) is 0 Å². The predicted octanol–water partition coefficient (Wildman–Crippen LogP) is 2.30. The minimum absolute atomic E-state index is 0.0129. The minimum Gasteiger partial charge on any atom is -0.357 e. The molecule has 0 aliphatic rings. The summed E-state index contributed by atoms with van der Waals surface area (Å²) in [5.74, 6) is 0.788. The van der Waals surface area contributed by atoms with Crippen LogP contribution in [0.4, 0.5) is 0 Å². The molecule has 3 N–H and O–H groups in total. The van der Waals surface area contributed by atoms with E-state index < -0.39 is 10.0 Å². The second kappa shape index (κ2) is 12.8. The lowest BCUT2D eigenvalue weighted by atomic mass is 10.1. The highest BCUT2D eigenvalue weighted by Crippen LogP contribution is 2.09. The van der Waals surface area contributed by atoms with E-state index in [-0.39, 0.29) is 5.75 Å². The Bertz CT molecular complexity index is 707. The topological polar surface area (TPSA) is 85.8 Å². The van der Waals surface area contributed by atoms with Crippen LogP contribution in [0.15, 0.2) is 29.3 Å². The van der Waals surface area contributed by atoms with Gasteiger partial charge < -0.3 is 10.6 Å². The molecule has 1 aromatic carbocycles. The molecule has 0 spiro atoms. The summed E-state index contributed by atoms with van der Waals surface area (Å²) >= 11 is 0. The van der Waals surface area contributed by atoms with Gasteiger partial charge in [0.1, 0.15) is 0 Å². The number of benzene rings is 1. The van der Waals surface area contributed by atoms with Crippen LogP contribution in [0.3, 0.4) is 0 Å². The smallest absolute Gasteiger partial charge is 0.215 e.